The maximum Gasteiger partial charge on any atom is 0.317 e. The van der Waals surface area contributed by atoms with Crippen molar-refractivity contribution in [3.8, 4) is 0 Å². The van der Waals surface area contributed by atoms with E-state index in [-0.39, 0.29) is 18.5 Å². The molecule has 2 aromatic heterocycles. The number of fused-ring (bicyclic) bond motifs is 1. The maximum atomic E-state index is 12.4. The quantitative estimate of drug-likeness (QED) is 0.716. The van der Waals surface area contributed by atoms with Gasteiger partial charge in [0.15, 0.2) is 0 Å². The van der Waals surface area contributed by atoms with E-state index in [0.29, 0.717) is 32.7 Å². The van der Waals surface area contributed by atoms with Gasteiger partial charge in [0.05, 0.1) is 6.26 Å². The van der Waals surface area contributed by atoms with Crippen LogP contribution in [0.3, 0.4) is 0 Å². The Kier molecular flexibility index (Phi) is 4.69. The van der Waals surface area contributed by atoms with Crippen molar-refractivity contribution in [2.75, 3.05) is 26.2 Å². The van der Waals surface area contributed by atoms with Crippen LogP contribution in [0.15, 0.2) is 41.3 Å². The minimum atomic E-state index is -0.130. The van der Waals surface area contributed by atoms with Gasteiger partial charge in [-0.1, -0.05) is 6.07 Å². The molecule has 10 nitrogen and oxygen atoms in total. The normalized spacial score (nSPS) is 14.5. The van der Waals surface area contributed by atoms with Crippen LogP contribution in [0.5, 0.6) is 0 Å². The molecule has 3 heterocycles. The molecule has 1 aliphatic rings. The fraction of sp³-hybridized carbons (Fsp3) is 0.353. The summed E-state index contributed by atoms with van der Waals surface area (Å²) in [6.45, 7) is 2.53. The molecule has 3 aromatic rings. The third kappa shape index (κ3) is 3.89. The number of benzene rings is 1. The molecule has 0 unspecified atom stereocenters. The predicted molar refractivity (Wildman–Crippen MR) is 94.4 cm³/mol. The molecule has 0 spiro atoms. The number of rotatable bonds is 4. The Hall–Kier alpha value is -3.43. The molecule has 0 bridgehead atoms. The molecule has 0 atom stereocenters. The number of carbonyl (C=O) groups excluding carboxylic acids is 2. The molecule has 1 N–H and O–H groups in total. The van der Waals surface area contributed by atoms with E-state index in [1.54, 1.807) is 16.1 Å². The van der Waals surface area contributed by atoms with Crippen molar-refractivity contribution in [1.82, 2.24) is 35.3 Å². The largest absolute Gasteiger partial charge is 0.464 e. The van der Waals surface area contributed by atoms with E-state index >= 15 is 0 Å². The van der Waals surface area contributed by atoms with Crippen LogP contribution in [0.1, 0.15) is 5.56 Å². The zero-order valence-corrected chi connectivity index (χ0v) is 14.6. The van der Waals surface area contributed by atoms with Gasteiger partial charge >= 0.3 is 6.03 Å². The first-order chi connectivity index (χ1) is 13.2. The van der Waals surface area contributed by atoms with Crippen LogP contribution in [0.25, 0.3) is 11.0 Å². The van der Waals surface area contributed by atoms with Crippen molar-refractivity contribution in [1.29, 1.82) is 0 Å². The minimum absolute atomic E-state index is 0.0595. The molecule has 0 aliphatic carbocycles. The number of nitrogens with zero attached hydrogens (tertiary/aromatic N) is 6. The highest BCUT2D eigenvalue weighted by Gasteiger charge is 2.24. The van der Waals surface area contributed by atoms with Crippen LogP contribution in [0.4, 0.5) is 4.79 Å². The van der Waals surface area contributed by atoms with E-state index in [1.165, 1.54) is 11.0 Å². The third-order valence-corrected chi connectivity index (χ3v) is 4.57. The van der Waals surface area contributed by atoms with Crippen molar-refractivity contribution in [2.24, 2.45) is 0 Å². The zero-order valence-electron chi connectivity index (χ0n) is 14.6. The number of hydrogen-bond acceptors (Lipinski definition) is 6. The van der Waals surface area contributed by atoms with Gasteiger partial charge in [-0.15, -0.1) is 5.10 Å². The molecule has 4 rings (SSSR count). The number of piperazine rings is 1. The van der Waals surface area contributed by atoms with Gasteiger partial charge in [-0.2, -0.15) is 0 Å². The summed E-state index contributed by atoms with van der Waals surface area (Å²) in [6, 6.07) is 7.59. The summed E-state index contributed by atoms with van der Waals surface area (Å²) in [5, 5.41) is 14.6. The Labute approximate surface area is 154 Å². The molecular weight excluding hydrogens is 350 g/mol. The van der Waals surface area contributed by atoms with E-state index in [2.05, 4.69) is 20.8 Å². The van der Waals surface area contributed by atoms with Gasteiger partial charge in [0.2, 0.25) is 5.91 Å². The van der Waals surface area contributed by atoms with Crippen LogP contribution in [-0.2, 0) is 17.9 Å². The van der Waals surface area contributed by atoms with Crippen molar-refractivity contribution < 1.29 is 14.0 Å². The molecule has 140 valence electrons. The molecule has 1 aliphatic heterocycles. The second-order valence-corrected chi connectivity index (χ2v) is 6.33. The van der Waals surface area contributed by atoms with Gasteiger partial charge in [-0.25, -0.2) is 9.48 Å². The van der Waals surface area contributed by atoms with E-state index in [0.717, 1.165) is 16.5 Å². The molecule has 0 saturated carbocycles. The fourth-order valence-electron chi connectivity index (χ4n) is 3.07. The highest BCUT2D eigenvalue weighted by molar-refractivity contribution is 5.79. The summed E-state index contributed by atoms with van der Waals surface area (Å²) in [5.74, 6) is -0.0595. The molecule has 1 fully saturated rings. The molecule has 0 radical (unpaired) electrons. The van der Waals surface area contributed by atoms with Crippen molar-refractivity contribution >= 4 is 22.9 Å². The van der Waals surface area contributed by atoms with Gasteiger partial charge in [-0.3, -0.25) is 4.79 Å². The lowest BCUT2D eigenvalue weighted by Gasteiger charge is -2.34. The van der Waals surface area contributed by atoms with Gasteiger partial charge in [0.25, 0.3) is 0 Å². The number of urea groups is 1. The average Bonchev–Trinajstić information content (AvgIpc) is 3.37. The summed E-state index contributed by atoms with van der Waals surface area (Å²) >= 11 is 0. The lowest BCUT2D eigenvalue weighted by atomic mass is 10.1. The lowest BCUT2D eigenvalue weighted by Crippen LogP contribution is -2.53. The van der Waals surface area contributed by atoms with Gasteiger partial charge in [0, 0.05) is 38.1 Å². The molecule has 1 aromatic carbocycles. The minimum Gasteiger partial charge on any atom is -0.464 e. The number of aromatic nitrogens is 4. The van der Waals surface area contributed by atoms with E-state index in [4.69, 9.17) is 4.42 Å². The van der Waals surface area contributed by atoms with Gasteiger partial charge in [-0.05, 0) is 34.2 Å². The highest BCUT2D eigenvalue weighted by Crippen LogP contribution is 2.17. The summed E-state index contributed by atoms with van der Waals surface area (Å²) in [4.78, 5) is 28.0. The first kappa shape index (κ1) is 17.0. The lowest BCUT2D eigenvalue weighted by molar-refractivity contribution is -0.133. The number of furan rings is 1. The Bertz CT molecular complexity index is 929. The second-order valence-electron chi connectivity index (χ2n) is 6.33. The van der Waals surface area contributed by atoms with Crippen LogP contribution in [-0.4, -0.2) is 68.1 Å². The molecule has 3 amide bonds. The Balaban J connectivity index is 1.25. The van der Waals surface area contributed by atoms with Gasteiger partial charge < -0.3 is 19.5 Å². The first-order valence-electron chi connectivity index (χ1n) is 8.66. The monoisotopic (exact) mass is 369 g/mol. The topological polar surface area (TPSA) is 109 Å². The highest BCUT2D eigenvalue weighted by atomic mass is 16.3. The van der Waals surface area contributed by atoms with E-state index in [1.807, 2.05) is 24.3 Å². The summed E-state index contributed by atoms with van der Waals surface area (Å²) in [7, 11) is 0. The summed E-state index contributed by atoms with van der Waals surface area (Å²) in [6.07, 6.45) is 3.05. The molecular formula is C17H19N7O3. The number of tetrazole rings is 1. The van der Waals surface area contributed by atoms with Crippen molar-refractivity contribution in [2.45, 2.75) is 13.1 Å². The van der Waals surface area contributed by atoms with Crippen LogP contribution >= 0.6 is 0 Å². The first-order valence-corrected chi connectivity index (χ1v) is 8.66. The summed E-state index contributed by atoms with van der Waals surface area (Å²) in [5.41, 5.74) is 1.83. The Morgan fingerprint density at radius 1 is 1.11 bits per heavy atom. The summed E-state index contributed by atoms with van der Waals surface area (Å²) < 4.78 is 6.70. The Morgan fingerprint density at radius 2 is 1.93 bits per heavy atom. The second kappa shape index (κ2) is 7.44. The fourth-order valence-corrected chi connectivity index (χ4v) is 3.07. The number of amides is 3. The standard InChI is InChI=1S/C17H19N7O3/c25-16(11-24-12-19-20-21-24)22-4-6-23(7-5-22)17(26)18-10-13-1-2-15-14(9-13)3-8-27-15/h1-3,8-9,12H,4-7,10-11H2,(H,18,26). The van der Waals surface area contributed by atoms with Crippen LogP contribution < -0.4 is 5.32 Å². The number of nitrogens with one attached hydrogen (secondary N) is 1. The molecule has 10 heteroatoms. The Morgan fingerprint density at radius 3 is 2.70 bits per heavy atom. The van der Waals surface area contributed by atoms with Crippen LogP contribution in [0, 0.1) is 0 Å². The average molecular weight is 369 g/mol. The van der Waals surface area contributed by atoms with E-state index in [9.17, 15) is 9.59 Å². The zero-order chi connectivity index (χ0) is 18.6. The van der Waals surface area contributed by atoms with Crippen molar-refractivity contribution in [3.63, 3.8) is 0 Å². The maximum absolute atomic E-state index is 12.4. The van der Waals surface area contributed by atoms with E-state index < -0.39 is 0 Å². The van der Waals surface area contributed by atoms with Crippen LogP contribution in [0.2, 0.25) is 0 Å². The third-order valence-electron chi connectivity index (χ3n) is 4.57. The number of hydrogen-bond donors (Lipinski definition) is 1. The molecule has 1 saturated heterocycles. The predicted octanol–water partition coefficient (Wildman–Crippen LogP) is 0.473. The SMILES string of the molecule is O=C(Cn1cnnn1)N1CCN(C(=O)NCc2ccc3occc3c2)CC1. The van der Waals surface area contributed by atoms with Crippen molar-refractivity contribution in [3.05, 3.63) is 42.4 Å². The smallest absolute Gasteiger partial charge is 0.317 e. The van der Waals surface area contributed by atoms with Gasteiger partial charge in [0.1, 0.15) is 18.5 Å². The number of carbonyl (C=O) groups is 2. The molecule has 27 heavy (non-hydrogen) atoms.